The minimum atomic E-state index is -0.366. The minimum absolute atomic E-state index is 0.0706. The Hall–Kier alpha value is -2.71. The van der Waals surface area contributed by atoms with Gasteiger partial charge in [-0.2, -0.15) is 0 Å². The number of hydrogen-bond acceptors (Lipinski definition) is 5. The van der Waals surface area contributed by atoms with Crippen molar-refractivity contribution in [3.8, 4) is 5.69 Å². The van der Waals surface area contributed by atoms with Crippen molar-refractivity contribution in [3.05, 3.63) is 71.8 Å². The van der Waals surface area contributed by atoms with Crippen LogP contribution in [0, 0.1) is 5.82 Å². The first kappa shape index (κ1) is 21.5. The molecule has 0 saturated carbocycles. The van der Waals surface area contributed by atoms with Crippen LogP contribution in [0.15, 0.2) is 59.8 Å². The van der Waals surface area contributed by atoms with Gasteiger partial charge in [-0.1, -0.05) is 42.1 Å². The molecule has 0 unspecified atom stereocenters. The van der Waals surface area contributed by atoms with E-state index in [4.69, 9.17) is 4.74 Å². The van der Waals surface area contributed by atoms with Gasteiger partial charge in [0.25, 0.3) is 0 Å². The van der Waals surface area contributed by atoms with Crippen LogP contribution in [-0.2, 0) is 16.0 Å². The molecule has 0 bridgehead atoms. The van der Waals surface area contributed by atoms with E-state index in [1.165, 1.54) is 23.9 Å². The van der Waals surface area contributed by atoms with Gasteiger partial charge in [-0.05, 0) is 49.6 Å². The number of carbonyl (C=O) groups excluding carboxylic acids is 1. The summed E-state index contributed by atoms with van der Waals surface area (Å²) in [6, 6.07) is 16.2. The lowest BCUT2D eigenvalue weighted by molar-refractivity contribution is -0.120. The molecule has 3 aromatic rings. The van der Waals surface area contributed by atoms with Crippen LogP contribution in [-0.4, -0.2) is 45.2 Å². The van der Waals surface area contributed by atoms with E-state index < -0.39 is 0 Å². The van der Waals surface area contributed by atoms with Gasteiger partial charge in [0.2, 0.25) is 5.91 Å². The number of halogens is 1. The van der Waals surface area contributed by atoms with Crippen molar-refractivity contribution < 1.29 is 13.9 Å². The fourth-order valence-electron chi connectivity index (χ4n) is 3.49. The second-order valence-corrected chi connectivity index (χ2v) is 8.82. The largest absolute Gasteiger partial charge is 0.376 e. The Morgan fingerprint density at radius 1 is 1.23 bits per heavy atom. The number of amides is 1. The van der Waals surface area contributed by atoms with Gasteiger partial charge in [0.1, 0.15) is 11.6 Å². The molecule has 1 aliphatic rings. The molecule has 31 heavy (non-hydrogen) atoms. The quantitative estimate of drug-likeness (QED) is 0.540. The molecule has 1 N–H and O–H groups in total. The molecule has 1 aromatic heterocycles. The van der Waals surface area contributed by atoms with Crippen molar-refractivity contribution in [3.63, 3.8) is 0 Å². The molecule has 8 heteroatoms. The monoisotopic (exact) mass is 440 g/mol. The third-order valence-electron chi connectivity index (χ3n) is 5.17. The van der Waals surface area contributed by atoms with Crippen LogP contribution >= 0.6 is 11.8 Å². The van der Waals surface area contributed by atoms with Crippen LogP contribution in [0.1, 0.15) is 31.2 Å². The van der Waals surface area contributed by atoms with Gasteiger partial charge in [0.05, 0.1) is 11.4 Å². The summed E-state index contributed by atoms with van der Waals surface area (Å²) in [4.78, 5) is 12.6. The number of nitrogens with zero attached hydrogens (tertiary/aromatic N) is 3. The Labute approximate surface area is 185 Å². The second-order valence-electron chi connectivity index (χ2n) is 7.51. The summed E-state index contributed by atoms with van der Waals surface area (Å²) >= 11 is 1.33. The zero-order valence-corrected chi connectivity index (χ0v) is 18.1. The van der Waals surface area contributed by atoms with Gasteiger partial charge in [-0.25, -0.2) is 4.39 Å². The number of nitrogens with one attached hydrogen (secondary N) is 1. The highest BCUT2D eigenvalue weighted by Crippen LogP contribution is 2.27. The highest BCUT2D eigenvalue weighted by Gasteiger charge is 2.23. The van der Waals surface area contributed by atoms with E-state index in [-0.39, 0.29) is 23.1 Å². The molecule has 1 fully saturated rings. The van der Waals surface area contributed by atoms with Crippen LogP contribution in [0.4, 0.5) is 4.39 Å². The Bertz CT molecular complexity index is 1000. The molecular formula is C23H25FN4O2S. The third kappa shape index (κ3) is 5.51. The maximum atomic E-state index is 13.5. The first-order valence-electron chi connectivity index (χ1n) is 10.4. The average molecular weight is 441 g/mol. The summed E-state index contributed by atoms with van der Waals surface area (Å²) in [5, 5.41) is 11.9. The highest BCUT2D eigenvalue weighted by molar-refractivity contribution is 8.00. The summed E-state index contributed by atoms with van der Waals surface area (Å²) in [5.74, 6) is 0.351. The van der Waals surface area contributed by atoms with E-state index in [1.807, 2.05) is 41.8 Å². The first-order chi connectivity index (χ1) is 15.1. The van der Waals surface area contributed by atoms with Crippen LogP contribution in [0.2, 0.25) is 0 Å². The van der Waals surface area contributed by atoms with Crippen molar-refractivity contribution in [2.24, 2.45) is 0 Å². The average Bonchev–Trinajstić information content (AvgIpc) is 3.44. The summed E-state index contributed by atoms with van der Waals surface area (Å²) in [5.41, 5.74) is 1.85. The van der Waals surface area contributed by atoms with Gasteiger partial charge in [-0.3, -0.25) is 9.36 Å². The lowest BCUT2D eigenvalue weighted by Gasteiger charge is -2.15. The molecule has 1 aliphatic heterocycles. The van der Waals surface area contributed by atoms with E-state index in [2.05, 4.69) is 15.5 Å². The molecular weight excluding hydrogens is 415 g/mol. The molecule has 1 amide bonds. The molecule has 4 rings (SSSR count). The number of carbonyl (C=O) groups is 1. The Kier molecular flexibility index (Phi) is 6.99. The fourth-order valence-corrected chi connectivity index (χ4v) is 4.40. The van der Waals surface area contributed by atoms with Crippen molar-refractivity contribution >= 4 is 17.7 Å². The van der Waals surface area contributed by atoms with Gasteiger partial charge in [0, 0.05) is 25.3 Å². The van der Waals surface area contributed by atoms with Gasteiger partial charge in [0.15, 0.2) is 5.16 Å². The van der Waals surface area contributed by atoms with E-state index in [0.29, 0.717) is 18.1 Å². The highest BCUT2D eigenvalue weighted by atomic mass is 32.2. The standard InChI is InChI=1S/C23H25FN4O2S/c1-16(22(29)25-15-20-8-5-13-30-20)31-23-27-26-21(14-17-6-3-2-4-7-17)28(23)19-11-9-18(24)10-12-19/h2-4,6-7,9-12,16,20H,5,8,13-15H2,1H3,(H,25,29)/t16-,20+/m0/s1. The Morgan fingerprint density at radius 3 is 2.71 bits per heavy atom. The van der Waals surface area contributed by atoms with Crippen molar-refractivity contribution in [1.29, 1.82) is 0 Å². The van der Waals surface area contributed by atoms with Crippen LogP contribution in [0.3, 0.4) is 0 Å². The molecule has 162 valence electrons. The molecule has 0 aliphatic carbocycles. The number of hydrogen-bond donors (Lipinski definition) is 1. The predicted octanol–water partition coefficient (Wildman–Crippen LogP) is 3.77. The van der Waals surface area contributed by atoms with Gasteiger partial charge < -0.3 is 10.1 Å². The smallest absolute Gasteiger partial charge is 0.233 e. The minimum Gasteiger partial charge on any atom is -0.376 e. The van der Waals surface area contributed by atoms with Crippen molar-refractivity contribution in [1.82, 2.24) is 20.1 Å². The van der Waals surface area contributed by atoms with Crippen LogP contribution < -0.4 is 5.32 Å². The number of thioether (sulfide) groups is 1. The molecule has 0 radical (unpaired) electrons. The molecule has 6 nitrogen and oxygen atoms in total. The maximum Gasteiger partial charge on any atom is 0.233 e. The first-order valence-corrected chi connectivity index (χ1v) is 11.3. The normalized spacial score (nSPS) is 16.9. The number of rotatable bonds is 8. The zero-order valence-electron chi connectivity index (χ0n) is 17.3. The van der Waals surface area contributed by atoms with Crippen molar-refractivity contribution in [2.45, 2.75) is 42.7 Å². The second kappa shape index (κ2) is 10.1. The zero-order chi connectivity index (χ0) is 21.6. The van der Waals surface area contributed by atoms with E-state index in [0.717, 1.165) is 36.5 Å². The lowest BCUT2D eigenvalue weighted by Crippen LogP contribution is -2.36. The Balaban J connectivity index is 1.53. The van der Waals surface area contributed by atoms with Crippen LogP contribution in [0.25, 0.3) is 5.69 Å². The number of benzene rings is 2. The predicted molar refractivity (Wildman–Crippen MR) is 118 cm³/mol. The van der Waals surface area contributed by atoms with E-state index in [1.54, 1.807) is 12.1 Å². The molecule has 0 spiro atoms. The van der Waals surface area contributed by atoms with Gasteiger partial charge >= 0.3 is 0 Å². The van der Waals surface area contributed by atoms with Crippen molar-refractivity contribution in [2.75, 3.05) is 13.2 Å². The summed E-state index contributed by atoms with van der Waals surface area (Å²) in [7, 11) is 0. The molecule has 1 saturated heterocycles. The summed E-state index contributed by atoms with van der Waals surface area (Å²) < 4.78 is 21.0. The topological polar surface area (TPSA) is 69.0 Å². The maximum absolute atomic E-state index is 13.5. The van der Waals surface area contributed by atoms with Crippen LogP contribution in [0.5, 0.6) is 0 Å². The number of aromatic nitrogens is 3. The fraction of sp³-hybridized carbons (Fsp3) is 0.348. The lowest BCUT2D eigenvalue weighted by atomic mass is 10.1. The Morgan fingerprint density at radius 2 is 2.00 bits per heavy atom. The van der Waals surface area contributed by atoms with E-state index >= 15 is 0 Å². The number of ether oxygens (including phenoxy) is 1. The SMILES string of the molecule is C[C@H](Sc1nnc(Cc2ccccc2)n1-c1ccc(F)cc1)C(=O)NC[C@H]1CCCO1. The molecule has 2 heterocycles. The summed E-state index contributed by atoms with van der Waals surface area (Å²) in [6.45, 7) is 3.12. The third-order valence-corrected chi connectivity index (χ3v) is 6.21. The van der Waals surface area contributed by atoms with Gasteiger partial charge in [-0.15, -0.1) is 10.2 Å². The molecule has 2 aromatic carbocycles. The summed E-state index contributed by atoms with van der Waals surface area (Å²) in [6.07, 6.45) is 2.69. The van der Waals surface area contributed by atoms with E-state index in [9.17, 15) is 9.18 Å². The molecule has 2 atom stereocenters.